The minimum absolute atomic E-state index is 0.111. The van der Waals surface area contributed by atoms with E-state index in [1.54, 1.807) is 13.8 Å². The van der Waals surface area contributed by atoms with Gasteiger partial charge < -0.3 is 9.47 Å². The fourth-order valence-electron chi connectivity index (χ4n) is 4.37. The van der Waals surface area contributed by atoms with Gasteiger partial charge in [-0.25, -0.2) is 4.79 Å². The lowest BCUT2D eigenvalue weighted by Gasteiger charge is -2.39. The number of methoxy groups -OCH3 is 2. The molecule has 3 rings (SSSR count). The predicted octanol–water partition coefficient (Wildman–Crippen LogP) is 2.59. The molecule has 0 amide bonds. The first-order valence-corrected chi connectivity index (χ1v) is 9.43. The summed E-state index contributed by atoms with van der Waals surface area (Å²) < 4.78 is 9.76. The fraction of sp³-hybridized carbons (Fsp3) is 0.429. The number of ether oxygens (including phenoxy) is 2. The van der Waals surface area contributed by atoms with Crippen LogP contribution in [0.25, 0.3) is 0 Å². The Kier molecular flexibility index (Phi) is 5.82. The molecular formula is C21H22N2O7. The smallest absolute Gasteiger partial charge is 0.336 e. The van der Waals surface area contributed by atoms with Crippen LogP contribution in [0.5, 0.6) is 0 Å². The minimum Gasteiger partial charge on any atom is -0.468 e. The van der Waals surface area contributed by atoms with Crippen LogP contribution in [-0.2, 0) is 23.9 Å². The zero-order chi connectivity index (χ0) is 22.2. The maximum absolute atomic E-state index is 13.4. The van der Waals surface area contributed by atoms with Crippen molar-refractivity contribution in [1.82, 2.24) is 0 Å². The number of nitro benzene ring substituents is 1. The van der Waals surface area contributed by atoms with Crippen LogP contribution in [0.1, 0.15) is 31.7 Å². The van der Waals surface area contributed by atoms with E-state index in [0.29, 0.717) is 23.4 Å². The monoisotopic (exact) mass is 414 g/mol. The topological polar surface area (TPSA) is 125 Å². The number of carbonyl (C=O) groups is 3. The normalized spacial score (nSPS) is 25.9. The van der Waals surface area contributed by atoms with Crippen LogP contribution in [0.4, 0.5) is 5.69 Å². The lowest BCUT2D eigenvalue weighted by molar-refractivity contribution is -0.384. The number of rotatable bonds is 4. The Balaban J connectivity index is 2.17. The van der Waals surface area contributed by atoms with Gasteiger partial charge >= 0.3 is 11.9 Å². The largest absolute Gasteiger partial charge is 0.468 e. The van der Waals surface area contributed by atoms with Gasteiger partial charge in [-0.3, -0.25) is 24.7 Å². The van der Waals surface area contributed by atoms with Crippen LogP contribution in [0.3, 0.4) is 0 Å². The molecule has 1 unspecified atom stereocenters. The second kappa shape index (κ2) is 8.17. The molecule has 0 aromatic heterocycles. The number of nitro groups is 1. The Labute approximate surface area is 172 Å². The van der Waals surface area contributed by atoms with Crippen molar-refractivity contribution in [3.05, 3.63) is 51.2 Å². The molecule has 1 aromatic rings. The number of ketones is 1. The van der Waals surface area contributed by atoms with Crippen molar-refractivity contribution in [3.63, 3.8) is 0 Å². The lowest BCUT2D eigenvalue weighted by atomic mass is 9.64. The van der Waals surface area contributed by atoms with Gasteiger partial charge in [0.1, 0.15) is 5.92 Å². The molecule has 1 aliphatic carbocycles. The molecule has 0 N–H and O–H groups in total. The number of Topliss-reactive ketones (excluding diaryl/α,β-unsaturated/α-hetero) is 1. The Morgan fingerprint density at radius 1 is 1.13 bits per heavy atom. The van der Waals surface area contributed by atoms with E-state index in [1.807, 2.05) is 0 Å². The molecule has 0 radical (unpaired) electrons. The number of fused-ring (bicyclic) bond motifs is 1. The van der Waals surface area contributed by atoms with Gasteiger partial charge in [0, 0.05) is 29.5 Å². The van der Waals surface area contributed by atoms with Crippen LogP contribution in [0, 0.1) is 27.9 Å². The summed E-state index contributed by atoms with van der Waals surface area (Å²) in [7, 11) is 2.46. The highest BCUT2D eigenvalue weighted by Gasteiger charge is 2.51. The summed E-state index contributed by atoms with van der Waals surface area (Å²) in [6, 6.07) is 5.66. The quantitative estimate of drug-likeness (QED) is 0.321. The van der Waals surface area contributed by atoms with Gasteiger partial charge in [-0.15, -0.1) is 0 Å². The number of esters is 2. The van der Waals surface area contributed by atoms with Crippen molar-refractivity contribution in [2.45, 2.75) is 26.2 Å². The van der Waals surface area contributed by atoms with Gasteiger partial charge in [0.15, 0.2) is 5.78 Å². The standard InChI is InChI=1S/C21H22N2O7/c1-10-9-14-18(19(24)15(10)20(25)29-3)17(16(11(2)22-14)21(26)30-4)12-5-7-13(8-6-12)23(27)28/h5-8,10,15,17-18H,9H2,1-4H3/t10-,15+,17+,18?/m1/s1. The van der Waals surface area contributed by atoms with Crippen LogP contribution in [-0.4, -0.2) is 42.6 Å². The van der Waals surface area contributed by atoms with Gasteiger partial charge in [0.2, 0.25) is 0 Å². The lowest BCUT2D eigenvalue weighted by Crippen LogP contribution is -2.48. The molecule has 158 valence electrons. The number of carbonyl (C=O) groups excluding carboxylic acids is 3. The summed E-state index contributed by atoms with van der Waals surface area (Å²) in [6.07, 6.45) is 0.394. The molecule has 1 saturated carbocycles. The molecule has 1 heterocycles. The molecule has 9 nitrogen and oxygen atoms in total. The number of hydrogen-bond acceptors (Lipinski definition) is 8. The molecule has 1 aliphatic heterocycles. The SMILES string of the molecule is COC(=O)C1=C(C)N=C2C[C@@H](C)[C@H](C(=O)OC)C(=O)C2[C@H]1c1ccc([N+](=O)[O-])cc1. The van der Waals surface area contributed by atoms with Crippen LogP contribution < -0.4 is 0 Å². The van der Waals surface area contributed by atoms with Crippen molar-refractivity contribution < 1.29 is 28.8 Å². The van der Waals surface area contributed by atoms with Gasteiger partial charge in [-0.1, -0.05) is 19.1 Å². The number of nitrogens with zero attached hydrogens (tertiary/aromatic N) is 2. The van der Waals surface area contributed by atoms with E-state index in [0.717, 1.165) is 0 Å². The molecular weight excluding hydrogens is 392 g/mol. The first-order chi connectivity index (χ1) is 14.2. The molecule has 1 fully saturated rings. The van der Waals surface area contributed by atoms with Crippen LogP contribution >= 0.6 is 0 Å². The summed E-state index contributed by atoms with van der Waals surface area (Å²) in [4.78, 5) is 53.3. The summed E-state index contributed by atoms with van der Waals surface area (Å²) in [5.74, 6) is -4.54. The highest BCUT2D eigenvalue weighted by Crippen LogP contribution is 2.46. The molecule has 9 heteroatoms. The first-order valence-electron chi connectivity index (χ1n) is 9.43. The number of hydrogen-bond donors (Lipinski definition) is 0. The molecule has 0 spiro atoms. The van der Waals surface area contributed by atoms with Gasteiger partial charge in [0.05, 0.1) is 30.6 Å². The average molecular weight is 414 g/mol. The highest BCUT2D eigenvalue weighted by molar-refractivity contribution is 6.17. The predicted molar refractivity (Wildman–Crippen MR) is 106 cm³/mol. The highest BCUT2D eigenvalue weighted by atomic mass is 16.6. The van der Waals surface area contributed by atoms with E-state index in [4.69, 9.17) is 9.47 Å². The molecule has 0 bridgehead atoms. The second-order valence-corrected chi connectivity index (χ2v) is 7.48. The Morgan fingerprint density at radius 3 is 2.30 bits per heavy atom. The molecule has 30 heavy (non-hydrogen) atoms. The third kappa shape index (κ3) is 3.51. The van der Waals surface area contributed by atoms with Gasteiger partial charge in [0.25, 0.3) is 5.69 Å². The Bertz CT molecular complexity index is 978. The fourth-order valence-corrected chi connectivity index (χ4v) is 4.37. The maximum atomic E-state index is 13.4. The first kappa shape index (κ1) is 21.4. The van der Waals surface area contributed by atoms with Gasteiger partial charge in [-0.2, -0.15) is 0 Å². The number of benzene rings is 1. The third-order valence-corrected chi connectivity index (χ3v) is 5.74. The minimum atomic E-state index is -0.975. The average Bonchev–Trinajstić information content (AvgIpc) is 2.72. The Hall–Kier alpha value is -3.36. The van der Waals surface area contributed by atoms with Crippen LogP contribution in [0.2, 0.25) is 0 Å². The summed E-state index contributed by atoms with van der Waals surface area (Å²) >= 11 is 0. The molecule has 1 aromatic carbocycles. The van der Waals surface area contributed by atoms with E-state index in [9.17, 15) is 24.5 Å². The molecule has 4 atom stereocenters. The summed E-state index contributed by atoms with van der Waals surface area (Å²) in [6.45, 7) is 3.45. The number of non-ortho nitro benzene ring substituents is 1. The zero-order valence-electron chi connectivity index (χ0n) is 17.1. The van der Waals surface area contributed by atoms with E-state index in [1.165, 1.54) is 38.5 Å². The van der Waals surface area contributed by atoms with Crippen LogP contribution in [0.15, 0.2) is 40.5 Å². The van der Waals surface area contributed by atoms with Crippen molar-refractivity contribution >= 4 is 29.1 Å². The summed E-state index contributed by atoms with van der Waals surface area (Å²) in [5.41, 5.74) is 1.63. The van der Waals surface area contributed by atoms with Crippen molar-refractivity contribution in [2.75, 3.05) is 14.2 Å². The van der Waals surface area contributed by atoms with Gasteiger partial charge in [-0.05, 0) is 24.8 Å². The maximum Gasteiger partial charge on any atom is 0.336 e. The Morgan fingerprint density at radius 2 is 1.77 bits per heavy atom. The van der Waals surface area contributed by atoms with Crippen molar-refractivity contribution in [1.29, 1.82) is 0 Å². The zero-order valence-corrected chi connectivity index (χ0v) is 17.1. The molecule has 0 saturated heterocycles. The van der Waals surface area contributed by atoms with Crippen molar-refractivity contribution in [3.8, 4) is 0 Å². The summed E-state index contributed by atoms with van der Waals surface area (Å²) in [5, 5.41) is 11.0. The molecule has 2 aliphatic rings. The third-order valence-electron chi connectivity index (χ3n) is 5.74. The number of allylic oxidation sites excluding steroid dienone is 1. The van der Waals surface area contributed by atoms with E-state index < -0.39 is 34.6 Å². The number of aliphatic imine (C=N–C) groups is 1. The van der Waals surface area contributed by atoms with E-state index >= 15 is 0 Å². The van der Waals surface area contributed by atoms with Crippen molar-refractivity contribution in [2.24, 2.45) is 22.7 Å². The van der Waals surface area contributed by atoms with E-state index in [-0.39, 0.29) is 23.0 Å². The van der Waals surface area contributed by atoms with E-state index in [2.05, 4.69) is 4.99 Å². The second-order valence-electron chi connectivity index (χ2n) is 7.48.